The van der Waals surface area contributed by atoms with Gasteiger partial charge >= 0.3 is 0 Å². The first-order valence-electron chi connectivity index (χ1n) is 7.10. The zero-order valence-electron chi connectivity index (χ0n) is 13.0. The van der Waals surface area contributed by atoms with Crippen LogP contribution in [0.5, 0.6) is 0 Å². The number of hydrogen-bond acceptors (Lipinski definition) is 4. The van der Waals surface area contributed by atoms with E-state index in [9.17, 15) is 8.42 Å². The molecule has 2 heterocycles. The van der Waals surface area contributed by atoms with Crippen LogP contribution in [0, 0.1) is 13.8 Å². The molecular weight excluding hydrogens is 312 g/mol. The van der Waals surface area contributed by atoms with Crippen LogP contribution in [0.15, 0.2) is 9.31 Å². The van der Waals surface area contributed by atoms with Gasteiger partial charge in [-0.3, -0.25) is 0 Å². The van der Waals surface area contributed by atoms with Gasteiger partial charge in [-0.1, -0.05) is 0 Å². The highest BCUT2D eigenvalue weighted by molar-refractivity contribution is 7.89. The van der Waals surface area contributed by atoms with Crippen molar-refractivity contribution in [1.29, 1.82) is 0 Å². The topological polar surface area (TPSA) is 53.8 Å². The molecule has 0 atom stereocenters. The van der Waals surface area contributed by atoms with E-state index in [1.165, 1.54) is 4.31 Å². The number of sulfonamides is 1. The fraction of sp³-hybridized carbons (Fsp3) is 0.714. The highest BCUT2D eigenvalue weighted by Gasteiger charge is 2.34. The molecule has 1 fully saturated rings. The molecule has 0 saturated carbocycles. The SMILES string of the molecule is Cc1oc(C)c(S(=O)(=O)N(C)C2CCN(C)CC2)c1CCl. The normalized spacial score (nSPS) is 18.6. The van der Waals surface area contributed by atoms with Crippen LogP contribution in [0.3, 0.4) is 0 Å². The van der Waals surface area contributed by atoms with Crippen molar-refractivity contribution in [2.45, 2.75) is 43.5 Å². The number of rotatable bonds is 4. The summed E-state index contributed by atoms with van der Waals surface area (Å²) < 4.78 is 32.8. The molecule has 0 radical (unpaired) electrons. The lowest BCUT2D eigenvalue weighted by Crippen LogP contribution is -2.44. The molecule has 2 rings (SSSR count). The lowest BCUT2D eigenvalue weighted by Gasteiger charge is -2.34. The third-order valence-corrected chi connectivity index (χ3v) is 6.67. The third-order valence-electron chi connectivity index (χ3n) is 4.30. The predicted octanol–water partition coefficient (Wildman–Crippen LogP) is 2.35. The Morgan fingerprint density at radius 3 is 2.38 bits per heavy atom. The first kappa shape index (κ1) is 16.8. The zero-order valence-corrected chi connectivity index (χ0v) is 14.6. The Morgan fingerprint density at radius 1 is 1.29 bits per heavy atom. The van der Waals surface area contributed by atoms with Crippen molar-refractivity contribution in [3.8, 4) is 0 Å². The van der Waals surface area contributed by atoms with Crippen molar-refractivity contribution in [2.24, 2.45) is 0 Å². The monoisotopic (exact) mass is 334 g/mol. The summed E-state index contributed by atoms with van der Waals surface area (Å²) in [5.41, 5.74) is 0.578. The standard InChI is InChI=1S/C14H23ClN2O3S/c1-10-13(9-15)14(11(2)20-10)21(18,19)17(4)12-5-7-16(3)8-6-12/h12H,5-9H2,1-4H3. The Labute approximate surface area is 131 Å². The van der Waals surface area contributed by atoms with Gasteiger partial charge in [-0.15, -0.1) is 11.6 Å². The largest absolute Gasteiger partial charge is 0.465 e. The number of halogens is 1. The maximum Gasteiger partial charge on any atom is 0.246 e. The van der Waals surface area contributed by atoms with Crippen LogP contribution in [0.4, 0.5) is 0 Å². The van der Waals surface area contributed by atoms with E-state index in [-0.39, 0.29) is 16.8 Å². The number of hydrogen-bond donors (Lipinski definition) is 0. The summed E-state index contributed by atoms with van der Waals surface area (Å²) in [5.74, 6) is 1.14. The van der Waals surface area contributed by atoms with E-state index in [2.05, 4.69) is 11.9 Å². The molecule has 1 aromatic heterocycles. The van der Waals surface area contributed by atoms with Crippen molar-refractivity contribution in [1.82, 2.24) is 9.21 Å². The van der Waals surface area contributed by atoms with Gasteiger partial charge < -0.3 is 9.32 Å². The minimum absolute atomic E-state index is 0.0315. The summed E-state index contributed by atoms with van der Waals surface area (Å²) in [5, 5.41) is 0. The van der Waals surface area contributed by atoms with Crippen LogP contribution in [-0.2, 0) is 15.9 Å². The van der Waals surface area contributed by atoms with Crippen molar-refractivity contribution >= 4 is 21.6 Å². The molecule has 5 nitrogen and oxygen atoms in total. The Hall–Kier alpha value is -0.560. The van der Waals surface area contributed by atoms with Crippen LogP contribution >= 0.6 is 11.6 Å². The van der Waals surface area contributed by atoms with Gasteiger partial charge in [0.05, 0.1) is 5.88 Å². The summed E-state index contributed by atoms with van der Waals surface area (Å²) >= 11 is 5.92. The van der Waals surface area contributed by atoms with E-state index in [1.54, 1.807) is 20.9 Å². The molecule has 0 bridgehead atoms. The molecular formula is C14H23ClN2O3S. The third kappa shape index (κ3) is 3.13. The number of nitrogens with zero attached hydrogens (tertiary/aromatic N) is 2. The Kier molecular flexibility index (Phi) is 5.03. The first-order chi connectivity index (χ1) is 9.78. The Balaban J connectivity index is 2.34. The molecule has 120 valence electrons. The maximum absolute atomic E-state index is 12.9. The minimum atomic E-state index is -3.57. The molecule has 1 aromatic rings. The van der Waals surface area contributed by atoms with Crippen LogP contribution in [0.1, 0.15) is 29.9 Å². The van der Waals surface area contributed by atoms with E-state index in [4.69, 9.17) is 16.0 Å². The second-order valence-electron chi connectivity index (χ2n) is 5.71. The lowest BCUT2D eigenvalue weighted by atomic mass is 10.1. The predicted molar refractivity (Wildman–Crippen MR) is 83.2 cm³/mol. The number of piperidine rings is 1. The average Bonchev–Trinajstić information content (AvgIpc) is 2.73. The number of furan rings is 1. The maximum atomic E-state index is 12.9. The molecule has 7 heteroatoms. The quantitative estimate of drug-likeness (QED) is 0.793. The van der Waals surface area contributed by atoms with Gasteiger partial charge in [0, 0.05) is 18.7 Å². The van der Waals surface area contributed by atoms with Crippen molar-refractivity contribution in [2.75, 3.05) is 27.2 Å². The second-order valence-corrected chi connectivity index (χ2v) is 7.91. The van der Waals surface area contributed by atoms with E-state index >= 15 is 0 Å². The summed E-state index contributed by atoms with van der Waals surface area (Å²) in [7, 11) is 0.141. The molecule has 0 aliphatic carbocycles. The molecule has 0 N–H and O–H groups in total. The van der Waals surface area contributed by atoms with E-state index in [0.717, 1.165) is 25.9 Å². The van der Waals surface area contributed by atoms with Gasteiger partial charge in [-0.2, -0.15) is 4.31 Å². The van der Waals surface area contributed by atoms with Crippen molar-refractivity contribution in [3.63, 3.8) is 0 Å². The Bertz CT molecular complexity index is 604. The summed E-state index contributed by atoms with van der Waals surface area (Å²) in [6.07, 6.45) is 1.69. The molecule has 0 aromatic carbocycles. The summed E-state index contributed by atoms with van der Waals surface area (Å²) in [6, 6.07) is 0.0315. The number of likely N-dealkylation sites (tertiary alicyclic amines) is 1. The van der Waals surface area contributed by atoms with Gasteiger partial charge in [-0.25, -0.2) is 8.42 Å². The van der Waals surface area contributed by atoms with Gasteiger partial charge in [0.15, 0.2) is 0 Å². The fourth-order valence-corrected chi connectivity index (χ4v) is 5.13. The van der Waals surface area contributed by atoms with E-state index in [0.29, 0.717) is 17.1 Å². The summed E-state index contributed by atoms with van der Waals surface area (Å²) in [6.45, 7) is 5.25. The number of aryl methyl sites for hydroxylation is 2. The molecule has 1 saturated heterocycles. The number of alkyl halides is 1. The van der Waals surface area contributed by atoms with Crippen LogP contribution in [0.2, 0.25) is 0 Å². The molecule has 21 heavy (non-hydrogen) atoms. The Morgan fingerprint density at radius 2 is 1.86 bits per heavy atom. The van der Waals surface area contributed by atoms with Crippen molar-refractivity contribution < 1.29 is 12.8 Å². The highest BCUT2D eigenvalue weighted by atomic mass is 35.5. The highest BCUT2D eigenvalue weighted by Crippen LogP contribution is 2.32. The lowest BCUT2D eigenvalue weighted by molar-refractivity contribution is 0.197. The van der Waals surface area contributed by atoms with Crippen molar-refractivity contribution in [3.05, 3.63) is 17.1 Å². The molecule has 0 unspecified atom stereocenters. The van der Waals surface area contributed by atoms with E-state index in [1.807, 2.05) is 0 Å². The van der Waals surface area contributed by atoms with Gasteiger partial charge in [0.1, 0.15) is 16.4 Å². The first-order valence-corrected chi connectivity index (χ1v) is 9.08. The van der Waals surface area contributed by atoms with Crippen LogP contribution in [0.25, 0.3) is 0 Å². The summed E-state index contributed by atoms with van der Waals surface area (Å²) in [4.78, 5) is 2.46. The van der Waals surface area contributed by atoms with E-state index < -0.39 is 10.0 Å². The molecule has 1 aliphatic heterocycles. The van der Waals surface area contributed by atoms with Gasteiger partial charge in [0.2, 0.25) is 10.0 Å². The second kappa shape index (κ2) is 6.28. The van der Waals surface area contributed by atoms with Gasteiger partial charge in [-0.05, 0) is 46.8 Å². The van der Waals surface area contributed by atoms with Crippen LogP contribution < -0.4 is 0 Å². The molecule has 0 amide bonds. The van der Waals surface area contributed by atoms with Crippen LogP contribution in [-0.4, -0.2) is 50.8 Å². The van der Waals surface area contributed by atoms with Gasteiger partial charge in [0.25, 0.3) is 0 Å². The fourth-order valence-electron chi connectivity index (χ4n) is 2.90. The molecule has 1 aliphatic rings. The average molecular weight is 335 g/mol. The zero-order chi connectivity index (χ0) is 15.8. The minimum Gasteiger partial charge on any atom is -0.465 e. The smallest absolute Gasteiger partial charge is 0.246 e. The molecule has 0 spiro atoms.